The summed E-state index contributed by atoms with van der Waals surface area (Å²) in [4.78, 5) is 6.61. The summed E-state index contributed by atoms with van der Waals surface area (Å²) in [6, 6.07) is 123. The van der Waals surface area contributed by atoms with E-state index in [1.165, 1.54) is 21.5 Å². The quantitative estimate of drug-likeness (QED) is 0.149. The maximum absolute atomic E-state index is 6.61. The molecule has 0 atom stereocenters. The van der Waals surface area contributed by atoms with Crippen molar-refractivity contribution in [2.24, 2.45) is 0 Å². The third-order valence-electron chi connectivity index (χ3n) is 20.4. The minimum Gasteiger partial charge on any atom is -0.309 e. The molecule has 0 aliphatic heterocycles. The van der Waals surface area contributed by atoms with Gasteiger partial charge >= 0.3 is 0 Å². The predicted molar refractivity (Wildman–Crippen MR) is 401 cm³/mol. The van der Waals surface area contributed by atoms with Crippen LogP contribution in [0.2, 0.25) is 0 Å². The van der Waals surface area contributed by atoms with Gasteiger partial charge in [0.1, 0.15) is 11.4 Å². The lowest BCUT2D eigenvalue weighted by Crippen LogP contribution is -2.16. The first-order valence-corrected chi connectivity index (χ1v) is 33.0. The van der Waals surface area contributed by atoms with Crippen LogP contribution in [0, 0.1) is 0 Å². The summed E-state index contributed by atoms with van der Waals surface area (Å²) in [5.41, 5.74) is 21.4. The third kappa shape index (κ3) is 7.33. The lowest BCUT2D eigenvalue weighted by molar-refractivity contribution is 0.961. The molecule has 96 heavy (non-hydrogen) atoms. The van der Waals surface area contributed by atoms with Crippen molar-refractivity contribution in [1.82, 2.24) is 32.4 Å². The molecule has 0 bridgehead atoms. The average molecular weight is 1220 g/mol. The zero-order chi connectivity index (χ0) is 62.7. The van der Waals surface area contributed by atoms with E-state index in [0.717, 1.165) is 166 Å². The molecule has 14 aromatic carbocycles. The van der Waals surface area contributed by atoms with Crippen molar-refractivity contribution in [3.8, 4) is 56.6 Å². The van der Waals surface area contributed by atoms with Crippen LogP contribution < -0.4 is 0 Å². The molecule has 21 rings (SSSR count). The van der Waals surface area contributed by atoms with E-state index in [2.05, 4.69) is 361 Å². The van der Waals surface area contributed by atoms with Gasteiger partial charge in [0.05, 0.1) is 66.2 Å². The first-order chi connectivity index (χ1) is 47.7. The van der Waals surface area contributed by atoms with Gasteiger partial charge in [-0.15, -0.1) is 0 Å². The number of pyridine rings is 1. The molecule has 21 aromatic rings. The molecule has 0 amide bonds. The second kappa shape index (κ2) is 20.3. The van der Waals surface area contributed by atoms with Crippen molar-refractivity contribution in [3.63, 3.8) is 0 Å². The highest BCUT2D eigenvalue weighted by atomic mass is 15.2. The Kier molecular flexibility index (Phi) is 11.1. The molecule has 0 fully saturated rings. The topological polar surface area (TPSA) is 42.5 Å². The van der Waals surface area contributed by atoms with Crippen molar-refractivity contribution in [2.45, 2.75) is 0 Å². The SMILES string of the molecule is c1ccc(-c2ccccc2-c2c(-n3c4ccccc4c4ccccc43)c(-n3c4ccccc4c4ccccc43)nc(-n3c4ccccc4c4ccccc43)c2-n2c3ccc(-n4c5ccccc5c5ccccc54)cc3c3cc(-n4c5ccccc5c5ccccc54)ccc32)cc1. The van der Waals surface area contributed by atoms with E-state index >= 15 is 0 Å². The molecule has 7 aromatic heterocycles. The van der Waals surface area contributed by atoms with E-state index in [0.29, 0.717) is 0 Å². The van der Waals surface area contributed by atoms with Gasteiger partial charge in [0.25, 0.3) is 0 Å². The minimum atomic E-state index is 0.781. The number of rotatable bonds is 8. The van der Waals surface area contributed by atoms with Gasteiger partial charge in [-0.2, -0.15) is 0 Å². The standard InChI is InChI=1S/C89H55N7/c1-2-26-56(27-3-1)59-28-4-5-39-70(59)85-86(93-77-44-20-10-33-64(77)65-34-11-21-45-78(65)93)88(95-79-46-22-12-35-66(79)67-36-13-23-47-80(67)95)90-89(96-81-48-24-14-37-68(81)69-38-15-25-49-82(69)96)87(85)94-83-52-50-57(91-73-40-16-6-29-60(73)61-30-7-17-41-74(61)91)54-71(83)72-55-58(51-53-84(72)94)92-75-42-18-8-31-62(75)63-32-9-19-43-76(63)92/h1-55H. The first kappa shape index (κ1) is 52.6. The molecule has 0 radical (unpaired) electrons. The largest absolute Gasteiger partial charge is 0.309 e. The lowest BCUT2D eigenvalue weighted by Gasteiger charge is -2.27. The molecule has 0 unspecified atom stereocenters. The van der Waals surface area contributed by atoms with E-state index in [9.17, 15) is 0 Å². The van der Waals surface area contributed by atoms with Gasteiger partial charge in [-0.25, -0.2) is 4.98 Å². The lowest BCUT2D eigenvalue weighted by atomic mass is 9.92. The van der Waals surface area contributed by atoms with Gasteiger partial charge in [0.15, 0.2) is 11.6 Å². The molecule has 0 saturated carbocycles. The second-order valence-corrected chi connectivity index (χ2v) is 25.3. The van der Waals surface area contributed by atoms with E-state index in [1.807, 2.05) is 0 Å². The summed E-state index contributed by atoms with van der Waals surface area (Å²) >= 11 is 0. The summed E-state index contributed by atoms with van der Waals surface area (Å²) in [6.07, 6.45) is 0. The Balaban J connectivity index is 1.03. The van der Waals surface area contributed by atoms with Gasteiger partial charge in [-0.3, -0.25) is 9.13 Å². The highest BCUT2D eigenvalue weighted by Gasteiger charge is 2.34. The second-order valence-electron chi connectivity index (χ2n) is 25.3. The van der Waals surface area contributed by atoms with E-state index in [-0.39, 0.29) is 0 Å². The Bertz CT molecular complexity index is 6400. The Hall–Kier alpha value is -13.0. The normalized spacial score (nSPS) is 12.2. The molecule has 0 N–H and O–H groups in total. The number of hydrogen-bond donors (Lipinski definition) is 0. The monoisotopic (exact) mass is 1220 g/mol. The molecule has 7 nitrogen and oxygen atoms in total. The fraction of sp³-hybridized carbons (Fsp3) is 0. The molecule has 0 saturated heterocycles. The first-order valence-electron chi connectivity index (χ1n) is 33.0. The van der Waals surface area contributed by atoms with Crippen molar-refractivity contribution in [3.05, 3.63) is 334 Å². The number of aromatic nitrogens is 7. The number of para-hydroxylation sites is 10. The highest BCUT2D eigenvalue weighted by molar-refractivity contribution is 6.18. The fourth-order valence-electron chi connectivity index (χ4n) is 16.5. The van der Waals surface area contributed by atoms with E-state index in [4.69, 9.17) is 4.98 Å². The molecule has 0 aliphatic rings. The van der Waals surface area contributed by atoms with Crippen LogP contribution in [-0.2, 0) is 0 Å². The Morgan fingerprint density at radius 2 is 0.417 bits per heavy atom. The summed E-state index contributed by atoms with van der Waals surface area (Å²) in [5.74, 6) is 1.57. The average Bonchev–Trinajstić information content (AvgIpc) is 1.30. The summed E-state index contributed by atoms with van der Waals surface area (Å²) < 4.78 is 15.0. The van der Waals surface area contributed by atoms with Crippen molar-refractivity contribution in [1.29, 1.82) is 0 Å². The maximum atomic E-state index is 6.61. The van der Waals surface area contributed by atoms with Gasteiger partial charge < -0.3 is 18.3 Å². The van der Waals surface area contributed by atoms with Gasteiger partial charge in [-0.05, 0) is 114 Å². The molecular weight excluding hydrogens is 1170 g/mol. The summed E-state index contributed by atoms with van der Waals surface area (Å²) in [7, 11) is 0. The number of fused-ring (bicyclic) bond motifs is 18. The van der Waals surface area contributed by atoms with Gasteiger partial charge in [0.2, 0.25) is 0 Å². The fourth-order valence-corrected chi connectivity index (χ4v) is 16.5. The Morgan fingerprint density at radius 3 is 0.729 bits per heavy atom. The zero-order valence-electron chi connectivity index (χ0n) is 51.9. The Labute approximate surface area is 550 Å². The van der Waals surface area contributed by atoms with Crippen LogP contribution in [0.1, 0.15) is 0 Å². The van der Waals surface area contributed by atoms with Crippen LogP contribution in [0.3, 0.4) is 0 Å². The van der Waals surface area contributed by atoms with Gasteiger partial charge in [0, 0.05) is 81.6 Å². The molecule has 0 spiro atoms. The van der Waals surface area contributed by atoms with Crippen LogP contribution in [0.15, 0.2) is 334 Å². The summed E-state index contributed by atoms with van der Waals surface area (Å²) in [6.45, 7) is 0. The maximum Gasteiger partial charge on any atom is 0.165 e. The molecule has 0 aliphatic carbocycles. The predicted octanol–water partition coefficient (Wildman–Crippen LogP) is 23.0. The number of nitrogens with zero attached hydrogens (tertiary/aromatic N) is 7. The van der Waals surface area contributed by atoms with Crippen LogP contribution in [0.4, 0.5) is 0 Å². The molecule has 7 heteroatoms. The van der Waals surface area contributed by atoms with Crippen LogP contribution in [0.25, 0.3) is 187 Å². The van der Waals surface area contributed by atoms with Crippen LogP contribution in [0.5, 0.6) is 0 Å². The summed E-state index contributed by atoms with van der Waals surface area (Å²) in [5, 5.41) is 14.0. The van der Waals surface area contributed by atoms with Crippen molar-refractivity contribution < 1.29 is 0 Å². The molecule has 7 heterocycles. The van der Waals surface area contributed by atoms with Gasteiger partial charge in [-0.1, -0.05) is 237 Å². The Morgan fingerprint density at radius 1 is 0.177 bits per heavy atom. The third-order valence-corrected chi connectivity index (χ3v) is 20.4. The van der Waals surface area contributed by atoms with E-state index < -0.39 is 0 Å². The van der Waals surface area contributed by atoms with Crippen molar-refractivity contribution >= 4 is 131 Å². The van der Waals surface area contributed by atoms with Crippen LogP contribution >= 0.6 is 0 Å². The minimum absolute atomic E-state index is 0.781. The zero-order valence-corrected chi connectivity index (χ0v) is 51.9. The molecular formula is C89H55N7. The van der Waals surface area contributed by atoms with Crippen LogP contribution in [-0.4, -0.2) is 32.4 Å². The smallest absolute Gasteiger partial charge is 0.165 e. The molecule has 446 valence electrons. The van der Waals surface area contributed by atoms with Crippen molar-refractivity contribution in [2.75, 3.05) is 0 Å². The highest BCUT2D eigenvalue weighted by Crippen LogP contribution is 2.51. The number of hydrogen-bond acceptors (Lipinski definition) is 1. The number of benzene rings is 14. The van der Waals surface area contributed by atoms with E-state index in [1.54, 1.807) is 0 Å².